The van der Waals surface area contributed by atoms with Crippen molar-refractivity contribution in [3.05, 3.63) is 51.4 Å². The molecule has 4 heterocycles. The summed E-state index contributed by atoms with van der Waals surface area (Å²) in [6.07, 6.45) is -1.37. The minimum absolute atomic E-state index is 0.109. The van der Waals surface area contributed by atoms with E-state index in [1.165, 1.54) is 10.6 Å². The van der Waals surface area contributed by atoms with Crippen LogP contribution in [0.3, 0.4) is 0 Å². The molecule has 2 aromatic heterocycles. The Labute approximate surface area is 196 Å². The maximum Gasteiger partial charge on any atom is 0.274 e. The van der Waals surface area contributed by atoms with Crippen LogP contribution in [-0.2, 0) is 11.3 Å². The molecule has 34 heavy (non-hydrogen) atoms. The van der Waals surface area contributed by atoms with Crippen LogP contribution in [0.15, 0.2) is 29.1 Å². The smallest absolute Gasteiger partial charge is 0.274 e. The first-order valence-corrected chi connectivity index (χ1v) is 11.3. The van der Waals surface area contributed by atoms with E-state index in [4.69, 9.17) is 18.9 Å². The molecule has 0 spiro atoms. The summed E-state index contributed by atoms with van der Waals surface area (Å²) < 4.78 is 38.7. The third-order valence-electron chi connectivity index (χ3n) is 6.25. The molecule has 2 aliphatic rings. The van der Waals surface area contributed by atoms with Gasteiger partial charge in [-0.25, -0.2) is 9.37 Å². The molecular weight excluding hydrogens is 443 g/mol. The summed E-state index contributed by atoms with van der Waals surface area (Å²) in [5.74, 6) is 2.40. The van der Waals surface area contributed by atoms with Crippen molar-refractivity contribution < 1.29 is 23.3 Å². The first kappa shape index (κ1) is 22.4. The molecule has 0 radical (unpaired) electrons. The van der Waals surface area contributed by atoms with E-state index in [9.17, 15) is 4.79 Å². The fourth-order valence-electron chi connectivity index (χ4n) is 4.37. The van der Waals surface area contributed by atoms with E-state index >= 15 is 4.39 Å². The average molecular weight is 471 g/mol. The maximum atomic E-state index is 15.2. The maximum absolute atomic E-state index is 15.2. The van der Waals surface area contributed by atoms with Gasteiger partial charge in [0.25, 0.3) is 5.56 Å². The molecule has 0 unspecified atom stereocenters. The van der Waals surface area contributed by atoms with E-state index in [1.807, 2.05) is 18.7 Å². The number of ether oxygens (including phenoxy) is 4. The molecule has 1 saturated heterocycles. The van der Waals surface area contributed by atoms with Crippen molar-refractivity contribution in [1.29, 1.82) is 0 Å². The first-order valence-electron chi connectivity index (χ1n) is 11.3. The highest BCUT2D eigenvalue weighted by atomic mass is 19.1. The molecule has 180 valence electrons. The minimum Gasteiger partial charge on any atom is -0.487 e. The topological polar surface area (TPSA) is 87.4 Å². The van der Waals surface area contributed by atoms with Crippen molar-refractivity contribution in [2.45, 2.75) is 39.2 Å². The number of anilines is 1. The molecule has 5 rings (SSSR count). The van der Waals surface area contributed by atoms with Gasteiger partial charge in [0.1, 0.15) is 25.1 Å². The second-order valence-electron chi connectivity index (χ2n) is 8.54. The Morgan fingerprint density at radius 3 is 2.71 bits per heavy atom. The summed E-state index contributed by atoms with van der Waals surface area (Å²) in [6, 6.07) is 6.69. The summed E-state index contributed by atoms with van der Waals surface area (Å²) in [7, 11) is 1.55. The number of benzene rings is 1. The summed E-state index contributed by atoms with van der Waals surface area (Å²) in [5.41, 5.74) is 2.42. The van der Waals surface area contributed by atoms with E-state index in [1.54, 1.807) is 25.3 Å². The molecule has 9 nitrogen and oxygen atoms in total. The third kappa shape index (κ3) is 4.13. The molecule has 0 bridgehead atoms. The van der Waals surface area contributed by atoms with Gasteiger partial charge in [0.05, 0.1) is 18.8 Å². The Hall–Kier alpha value is -3.40. The highest BCUT2D eigenvalue weighted by Crippen LogP contribution is 2.35. The molecule has 2 atom stereocenters. The van der Waals surface area contributed by atoms with Crippen molar-refractivity contribution in [3.63, 3.8) is 0 Å². The van der Waals surface area contributed by atoms with Gasteiger partial charge in [0.15, 0.2) is 29.1 Å². The van der Waals surface area contributed by atoms with Gasteiger partial charge in [-0.2, -0.15) is 4.52 Å². The minimum atomic E-state index is -1.24. The van der Waals surface area contributed by atoms with Crippen molar-refractivity contribution in [2.24, 2.45) is 0 Å². The van der Waals surface area contributed by atoms with E-state index in [0.717, 1.165) is 11.1 Å². The quantitative estimate of drug-likeness (QED) is 0.563. The van der Waals surface area contributed by atoms with Crippen molar-refractivity contribution in [1.82, 2.24) is 14.6 Å². The molecule has 1 aromatic carbocycles. The predicted molar refractivity (Wildman–Crippen MR) is 123 cm³/mol. The Kier molecular flexibility index (Phi) is 5.99. The van der Waals surface area contributed by atoms with Gasteiger partial charge in [-0.3, -0.25) is 4.79 Å². The van der Waals surface area contributed by atoms with Gasteiger partial charge in [-0.05, 0) is 26.0 Å². The number of piperidine rings is 1. The summed E-state index contributed by atoms with van der Waals surface area (Å²) in [5, 5.41) is 4.54. The van der Waals surface area contributed by atoms with E-state index in [0.29, 0.717) is 60.6 Å². The monoisotopic (exact) mass is 470 g/mol. The molecule has 1 fully saturated rings. The van der Waals surface area contributed by atoms with Crippen LogP contribution in [0.4, 0.5) is 10.2 Å². The number of halogens is 1. The second kappa shape index (κ2) is 9.09. The Morgan fingerprint density at radius 1 is 1.15 bits per heavy atom. The highest BCUT2D eigenvalue weighted by molar-refractivity contribution is 5.59. The van der Waals surface area contributed by atoms with Gasteiger partial charge in [-0.15, -0.1) is 5.10 Å². The number of fused-ring (bicyclic) bond motifs is 2. The van der Waals surface area contributed by atoms with Crippen LogP contribution in [-0.4, -0.2) is 60.3 Å². The Balaban J connectivity index is 1.35. The SMILES string of the molecule is COCc1cc(=O)n2nc(N3CC[C@H](Oc4ccc5c(c4)OCCO5)[C@H](F)C3)c(C)c(C)c2n1. The summed E-state index contributed by atoms with van der Waals surface area (Å²) in [4.78, 5) is 19.1. The lowest BCUT2D eigenvalue weighted by Gasteiger charge is -2.36. The molecule has 2 aliphatic heterocycles. The number of nitrogens with zero attached hydrogens (tertiary/aromatic N) is 4. The van der Waals surface area contributed by atoms with Crippen LogP contribution in [0.2, 0.25) is 0 Å². The number of rotatable bonds is 5. The molecule has 3 aromatic rings. The summed E-state index contributed by atoms with van der Waals surface area (Å²) in [6.45, 7) is 5.69. The zero-order valence-corrected chi connectivity index (χ0v) is 19.4. The predicted octanol–water partition coefficient (Wildman–Crippen LogP) is 2.62. The lowest BCUT2D eigenvalue weighted by Crippen LogP contribution is -2.48. The van der Waals surface area contributed by atoms with Gasteiger partial charge in [-0.1, -0.05) is 0 Å². The molecule has 0 saturated carbocycles. The van der Waals surface area contributed by atoms with Crippen molar-refractivity contribution in [2.75, 3.05) is 38.3 Å². The first-order chi connectivity index (χ1) is 16.4. The Bertz CT molecular complexity index is 1280. The standard InChI is InChI=1S/C24H27FN4O5/c1-14-15(2)24(27-29-22(30)10-16(13-31-3)26-23(14)29)28-7-6-19(18(25)12-28)34-17-4-5-20-21(11-17)33-9-8-32-20/h4-5,10-11,18-19H,6-9,12-13H2,1-3H3/t18-,19+/m1/s1. The third-order valence-corrected chi connectivity index (χ3v) is 6.25. The van der Waals surface area contributed by atoms with Crippen LogP contribution in [0.1, 0.15) is 23.2 Å². The number of methoxy groups -OCH3 is 1. The molecule has 0 aliphatic carbocycles. The van der Waals surface area contributed by atoms with Crippen molar-refractivity contribution >= 4 is 11.5 Å². The second-order valence-corrected chi connectivity index (χ2v) is 8.54. The fraction of sp³-hybridized carbons (Fsp3) is 0.458. The molecular formula is C24H27FN4O5. The lowest BCUT2D eigenvalue weighted by molar-refractivity contribution is 0.0809. The molecule has 0 N–H and O–H groups in total. The number of alkyl halides is 1. The molecule has 10 heteroatoms. The summed E-state index contributed by atoms with van der Waals surface area (Å²) >= 11 is 0. The highest BCUT2D eigenvalue weighted by Gasteiger charge is 2.33. The normalized spacial score (nSPS) is 19.9. The number of aryl methyl sites for hydroxylation is 1. The largest absolute Gasteiger partial charge is 0.487 e. The average Bonchev–Trinajstić information content (AvgIpc) is 2.83. The number of hydrogen-bond acceptors (Lipinski definition) is 8. The van der Waals surface area contributed by atoms with Gasteiger partial charge < -0.3 is 23.8 Å². The van der Waals surface area contributed by atoms with Crippen LogP contribution in [0, 0.1) is 13.8 Å². The number of aromatic nitrogens is 3. The van der Waals surface area contributed by atoms with E-state index < -0.39 is 12.3 Å². The van der Waals surface area contributed by atoms with Crippen molar-refractivity contribution in [3.8, 4) is 17.2 Å². The fourth-order valence-corrected chi connectivity index (χ4v) is 4.37. The van der Waals surface area contributed by atoms with E-state index in [-0.39, 0.29) is 18.7 Å². The Morgan fingerprint density at radius 2 is 1.94 bits per heavy atom. The van der Waals surface area contributed by atoms with E-state index in [2.05, 4.69) is 10.1 Å². The lowest BCUT2D eigenvalue weighted by atomic mass is 10.0. The van der Waals surface area contributed by atoms with Gasteiger partial charge >= 0.3 is 0 Å². The van der Waals surface area contributed by atoms with Gasteiger partial charge in [0.2, 0.25) is 0 Å². The van der Waals surface area contributed by atoms with Crippen LogP contribution in [0.5, 0.6) is 17.2 Å². The molecule has 0 amide bonds. The zero-order chi connectivity index (χ0) is 23.8. The zero-order valence-electron chi connectivity index (χ0n) is 19.4. The van der Waals surface area contributed by atoms with Gasteiger partial charge in [0, 0.05) is 43.3 Å². The van der Waals surface area contributed by atoms with Crippen LogP contribution < -0.4 is 24.7 Å². The van der Waals surface area contributed by atoms with Crippen LogP contribution >= 0.6 is 0 Å². The number of hydrogen-bond donors (Lipinski definition) is 0. The van der Waals surface area contributed by atoms with Crippen LogP contribution in [0.25, 0.3) is 5.65 Å².